The molecule has 0 fully saturated rings. The summed E-state index contributed by atoms with van der Waals surface area (Å²) in [6.07, 6.45) is 0. The molecule has 0 bridgehead atoms. The fraction of sp³-hybridized carbons (Fsp3) is 0.0417. The molecule has 3 heteroatoms. The van der Waals surface area contributed by atoms with Crippen LogP contribution in [-0.2, 0) is 6.54 Å². The molecule has 1 N–H and O–H groups in total. The van der Waals surface area contributed by atoms with Crippen molar-refractivity contribution in [2.75, 3.05) is 10.2 Å². The van der Waals surface area contributed by atoms with Gasteiger partial charge in [0.05, 0.1) is 12.2 Å². The van der Waals surface area contributed by atoms with Gasteiger partial charge in [-0.15, -0.1) is 0 Å². The van der Waals surface area contributed by atoms with Crippen molar-refractivity contribution < 1.29 is 4.79 Å². The number of urea groups is 1. The Hall–Kier alpha value is -3.59. The average Bonchev–Trinajstić information content (AvgIpc) is 2.73. The molecule has 0 saturated heterocycles. The third-order valence-electron chi connectivity index (χ3n) is 4.53. The Balaban J connectivity index is 1.66. The summed E-state index contributed by atoms with van der Waals surface area (Å²) >= 11 is 0. The zero-order valence-electron chi connectivity index (χ0n) is 14.9. The van der Waals surface area contributed by atoms with Gasteiger partial charge in [-0.1, -0.05) is 84.9 Å². The van der Waals surface area contributed by atoms with Gasteiger partial charge in [-0.25, -0.2) is 4.79 Å². The SMILES string of the molecule is O=C(Nc1cccc2ccccc12)N(Cc1ccccc1)c1ccccc1. The highest BCUT2D eigenvalue weighted by atomic mass is 16.2. The van der Waals surface area contributed by atoms with Crippen LogP contribution in [0, 0.1) is 0 Å². The van der Waals surface area contributed by atoms with E-state index in [9.17, 15) is 4.79 Å². The van der Waals surface area contributed by atoms with E-state index >= 15 is 0 Å². The monoisotopic (exact) mass is 352 g/mol. The Morgan fingerprint density at radius 3 is 2.11 bits per heavy atom. The minimum atomic E-state index is -0.151. The topological polar surface area (TPSA) is 32.3 Å². The molecule has 0 heterocycles. The number of benzene rings is 4. The van der Waals surface area contributed by atoms with Crippen molar-refractivity contribution in [3.8, 4) is 0 Å². The molecule has 0 radical (unpaired) electrons. The molecule has 0 saturated carbocycles. The van der Waals surface area contributed by atoms with Gasteiger partial charge in [0.15, 0.2) is 0 Å². The van der Waals surface area contributed by atoms with Gasteiger partial charge in [-0.3, -0.25) is 4.90 Å². The average molecular weight is 352 g/mol. The van der Waals surface area contributed by atoms with Gasteiger partial charge in [-0.05, 0) is 29.1 Å². The number of hydrogen-bond donors (Lipinski definition) is 1. The maximum absolute atomic E-state index is 13.2. The summed E-state index contributed by atoms with van der Waals surface area (Å²) in [6, 6.07) is 33.6. The number of nitrogens with one attached hydrogen (secondary N) is 1. The Morgan fingerprint density at radius 1 is 0.704 bits per heavy atom. The van der Waals surface area contributed by atoms with Gasteiger partial charge in [-0.2, -0.15) is 0 Å². The summed E-state index contributed by atoms with van der Waals surface area (Å²) in [7, 11) is 0. The number of fused-ring (bicyclic) bond motifs is 1. The van der Waals surface area contributed by atoms with E-state index in [0.29, 0.717) is 6.54 Å². The third-order valence-corrected chi connectivity index (χ3v) is 4.53. The smallest absolute Gasteiger partial charge is 0.307 e. The summed E-state index contributed by atoms with van der Waals surface area (Å²) < 4.78 is 0. The van der Waals surface area contributed by atoms with Crippen LogP contribution in [0.2, 0.25) is 0 Å². The first-order valence-corrected chi connectivity index (χ1v) is 8.96. The minimum absolute atomic E-state index is 0.151. The Bertz CT molecular complexity index is 1040. The fourth-order valence-corrected chi connectivity index (χ4v) is 3.17. The number of carbonyl (C=O) groups excluding carboxylic acids is 1. The van der Waals surface area contributed by atoms with Gasteiger partial charge in [0.2, 0.25) is 0 Å². The van der Waals surface area contributed by atoms with E-state index in [4.69, 9.17) is 0 Å². The minimum Gasteiger partial charge on any atom is -0.307 e. The molecule has 0 aliphatic rings. The predicted molar refractivity (Wildman–Crippen MR) is 112 cm³/mol. The lowest BCUT2D eigenvalue weighted by Gasteiger charge is -2.24. The van der Waals surface area contributed by atoms with E-state index in [-0.39, 0.29) is 6.03 Å². The van der Waals surface area contributed by atoms with Crippen LogP contribution >= 0.6 is 0 Å². The highest BCUT2D eigenvalue weighted by Gasteiger charge is 2.17. The Labute approximate surface area is 158 Å². The molecule has 2 amide bonds. The van der Waals surface area contributed by atoms with Gasteiger partial charge in [0, 0.05) is 11.1 Å². The molecule has 3 nitrogen and oxygen atoms in total. The van der Waals surface area contributed by atoms with Gasteiger partial charge < -0.3 is 5.32 Å². The number of amides is 2. The Morgan fingerprint density at radius 2 is 1.33 bits per heavy atom. The van der Waals surface area contributed by atoms with Crippen molar-refractivity contribution in [2.45, 2.75) is 6.54 Å². The molecular weight excluding hydrogens is 332 g/mol. The predicted octanol–water partition coefficient (Wildman–Crippen LogP) is 6.08. The molecule has 4 aromatic rings. The van der Waals surface area contributed by atoms with Gasteiger partial charge in [0.25, 0.3) is 0 Å². The van der Waals surface area contributed by atoms with E-state index in [2.05, 4.69) is 5.32 Å². The first-order valence-electron chi connectivity index (χ1n) is 8.96. The Kier molecular flexibility index (Phi) is 4.84. The summed E-state index contributed by atoms with van der Waals surface area (Å²) in [5.74, 6) is 0. The molecule has 132 valence electrons. The second kappa shape index (κ2) is 7.75. The highest BCUT2D eigenvalue weighted by Crippen LogP contribution is 2.25. The largest absolute Gasteiger partial charge is 0.326 e. The van der Waals surface area contributed by atoms with Crippen molar-refractivity contribution in [1.82, 2.24) is 0 Å². The molecule has 0 unspecified atom stereocenters. The second-order valence-corrected chi connectivity index (χ2v) is 6.36. The summed E-state index contributed by atoms with van der Waals surface area (Å²) in [4.78, 5) is 14.9. The number of hydrogen-bond acceptors (Lipinski definition) is 1. The van der Waals surface area contributed by atoms with Crippen LogP contribution in [0.1, 0.15) is 5.56 Å². The van der Waals surface area contributed by atoms with E-state index in [1.165, 1.54) is 0 Å². The summed E-state index contributed by atoms with van der Waals surface area (Å²) in [5.41, 5.74) is 2.75. The van der Waals surface area contributed by atoms with Crippen LogP contribution < -0.4 is 10.2 Å². The summed E-state index contributed by atoms with van der Waals surface area (Å²) in [6.45, 7) is 0.501. The summed E-state index contributed by atoms with van der Waals surface area (Å²) in [5, 5.41) is 5.22. The molecule has 0 aliphatic carbocycles. The van der Waals surface area contributed by atoms with E-state index in [1.807, 2.05) is 103 Å². The molecule has 0 atom stereocenters. The van der Waals surface area contributed by atoms with Crippen LogP contribution in [0.15, 0.2) is 103 Å². The number of rotatable bonds is 4. The van der Waals surface area contributed by atoms with Crippen LogP contribution in [-0.4, -0.2) is 6.03 Å². The first kappa shape index (κ1) is 16.9. The maximum atomic E-state index is 13.2. The standard InChI is InChI=1S/C24H20N2O/c27-24(25-23-17-9-13-20-12-7-8-16-22(20)23)26(21-14-5-2-6-15-21)18-19-10-3-1-4-11-19/h1-17H,18H2,(H,25,27). The van der Waals surface area contributed by atoms with Crippen molar-refractivity contribution in [3.05, 3.63) is 109 Å². The third kappa shape index (κ3) is 3.82. The molecule has 0 spiro atoms. The molecule has 4 rings (SSSR count). The van der Waals surface area contributed by atoms with Crippen molar-refractivity contribution in [2.24, 2.45) is 0 Å². The lowest BCUT2D eigenvalue weighted by molar-refractivity contribution is 0.256. The molecule has 27 heavy (non-hydrogen) atoms. The van der Waals surface area contributed by atoms with E-state index in [1.54, 1.807) is 4.90 Å². The maximum Gasteiger partial charge on any atom is 0.326 e. The van der Waals surface area contributed by atoms with Crippen LogP contribution in [0.4, 0.5) is 16.2 Å². The molecule has 0 aliphatic heterocycles. The highest BCUT2D eigenvalue weighted by molar-refractivity contribution is 6.07. The van der Waals surface area contributed by atoms with E-state index < -0.39 is 0 Å². The lowest BCUT2D eigenvalue weighted by Crippen LogP contribution is -2.34. The number of para-hydroxylation sites is 1. The normalized spacial score (nSPS) is 10.5. The van der Waals surface area contributed by atoms with Gasteiger partial charge >= 0.3 is 6.03 Å². The first-order chi connectivity index (χ1) is 13.3. The number of nitrogens with zero attached hydrogens (tertiary/aromatic N) is 1. The van der Waals surface area contributed by atoms with Crippen LogP contribution in [0.5, 0.6) is 0 Å². The van der Waals surface area contributed by atoms with Crippen molar-refractivity contribution in [1.29, 1.82) is 0 Å². The van der Waals surface area contributed by atoms with Crippen molar-refractivity contribution in [3.63, 3.8) is 0 Å². The number of carbonyl (C=O) groups is 1. The molecule has 4 aromatic carbocycles. The van der Waals surface area contributed by atoms with Crippen LogP contribution in [0.25, 0.3) is 10.8 Å². The zero-order chi connectivity index (χ0) is 18.5. The quantitative estimate of drug-likeness (QED) is 0.474. The lowest BCUT2D eigenvalue weighted by atomic mass is 10.1. The number of anilines is 2. The second-order valence-electron chi connectivity index (χ2n) is 6.36. The fourth-order valence-electron chi connectivity index (χ4n) is 3.17. The zero-order valence-corrected chi connectivity index (χ0v) is 14.9. The van der Waals surface area contributed by atoms with Crippen molar-refractivity contribution >= 4 is 28.2 Å². The molecule has 0 aromatic heterocycles. The van der Waals surface area contributed by atoms with Crippen LogP contribution in [0.3, 0.4) is 0 Å². The van der Waals surface area contributed by atoms with Gasteiger partial charge in [0.1, 0.15) is 0 Å². The molecular formula is C24H20N2O. The van der Waals surface area contributed by atoms with E-state index in [0.717, 1.165) is 27.7 Å².